The molecule has 1 heterocycles. The lowest BCUT2D eigenvalue weighted by Gasteiger charge is -2.45. The van der Waals surface area contributed by atoms with Gasteiger partial charge in [-0.15, -0.1) is 0 Å². The molecule has 4 heteroatoms. The number of fused-ring (bicyclic) bond motifs is 2. The van der Waals surface area contributed by atoms with Crippen molar-refractivity contribution >= 4 is 5.57 Å². The number of aromatic hydroxyl groups is 1. The van der Waals surface area contributed by atoms with Crippen molar-refractivity contribution in [1.82, 2.24) is 0 Å². The third-order valence-electron chi connectivity index (χ3n) is 5.11. The van der Waals surface area contributed by atoms with Crippen molar-refractivity contribution < 1.29 is 20.1 Å². The fraction of sp³-hybridized carbons (Fsp3) is 0.579. The van der Waals surface area contributed by atoms with E-state index in [1.807, 2.05) is 19.9 Å². The number of hydrogen-bond acceptors (Lipinski definition) is 4. The number of phenolic OH excluding ortho intramolecular Hbond substituents is 1. The minimum Gasteiger partial charge on any atom is -0.507 e. The van der Waals surface area contributed by atoms with E-state index in [-0.39, 0.29) is 5.75 Å². The molecule has 126 valence electrons. The molecular formula is C19H26O4. The van der Waals surface area contributed by atoms with Crippen LogP contribution in [0.25, 0.3) is 5.57 Å². The van der Waals surface area contributed by atoms with E-state index >= 15 is 0 Å². The lowest BCUT2D eigenvalue weighted by molar-refractivity contribution is -0.0476. The summed E-state index contributed by atoms with van der Waals surface area (Å²) in [5.74, 6) is 0.708. The van der Waals surface area contributed by atoms with E-state index in [1.54, 1.807) is 13.0 Å². The Hall–Kier alpha value is -1.52. The lowest BCUT2D eigenvalue weighted by Crippen LogP contribution is -2.48. The zero-order valence-corrected chi connectivity index (χ0v) is 14.3. The van der Waals surface area contributed by atoms with E-state index in [2.05, 4.69) is 6.92 Å². The van der Waals surface area contributed by atoms with Crippen LogP contribution in [0.15, 0.2) is 17.7 Å². The summed E-state index contributed by atoms with van der Waals surface area (Å²) in [5.41, 5.74) is 1.39. The number of hydrogen-bond donors (Lipinski definition) is 3. The Bertz CT molecular complexity index is 670. The first-order valence-corrected chi connectivity index (χ1v) is 8.36. The first kappa shape index (κ1) is 16.3. The summed E-state index contributed by atoms with van der Waals surface area (Å²) < 4.78 is 6.16. The van der Waals surface area contributed by atoms with Crippen LogP contribution in [0.5, 0.6) is 11.5 Å². The summed E-state index contributed by atoms with van der Waals surface area (Å²) in [4.78, 5) is 0. The largest absolute Gasteiger partial charge is 0.507 e. The van der Waals surface area contributed by atoms with E-state index in [9.17, 15) is 15.3 Å². The van der Waals surface area contributed by atoms with Gasteiger partial charge in [-0.1, -0.05) is 13.3 Å². The van der Waals surface area contributed by atoms with Gasteiger partial charge in [-0.2, -0.15) is 0 Å². The second-order valence-corrected chi connectivity index (χ2v) is 7.50. The monoisotopic (exact) mass is 318 g/mol. The number of aliphatic hydroxyl groups is 2. The molecule has 0 fully saturated rings. The predicted octanol–water partition coefficient (Wildman–Crippen LogP) is 3.18. The normalized spacial score (nSPS) is 28.9. The molecule has 23 heavy (non-hydrogen) atoms. The summed E-state index contributed by atoms with van der Waals surface area (Å²) >= 11 is 0. The molecule has 0 saturated heterocycles. The van der Waals surface area contributed by atoms with E-state index < -0.39 is 17.3 Å². The highest BCUT2D eigenvalue weighted by atomic mass is 16.5. The molecule has 1 aromatic carbocycles. The van der Waals surface area contributed by atoms with E-state index in [0.717, 1.165) is 24.0 Å². The maximum atomic E-state index is 10.7. The molecule has 0 unspecified atom stereocenters. The second-order valence-electron chi connectivity index (χ2n) is 7.50. The molecule has 4 nitrogen and oxygen atoms in total. The molecule has 3 rings (SSSR count). The summed E-state index contributed by atoms with van der Waals surface area (Å²) in [6.07, 6.45) is 1.92. The molecule has 0 radical (unpaired) electrons. The summed E-state index contributed by atoms with van der Waals surface area (Å²) in [6.45, 7) is 7.68. The van der Waals surface area contributed by atoms with Crippen molar-refractivity contribution in [2.75, 3.05) is 0 Å². The molecule has 0 aromatic heterocycles. The lowest BCUT2D eigenvalue weighted by atomic mass is 9.71. The van der Waals surface area contributed by atoms with Crippen molar-refractivity contribution in [2.45, 2.75) is 70.7 Å². The molecular weight excluding hydrogens is 292 g/mol. The van der Waals surface area contributed by atoms with Crippen LogP contribution in [0.3, 0.4) is 0 Å². The molecule has 1 aromatic rings. The Kier molecular flexibility index (Phi) is 3.73. The van der Waals surface area contributed by atoms with Gasteiger partial charge in [0, 0.05) is 5.57 Å². The van der Waals surface area contributed by atoms with Gasteiger partial charge in [0.2, 0.25) is 0 Å². The Morgan fingerprint density at radius 2 is 1.96 bits per heavy atom. The second kappa shape index (κ2) is 5.25. The summed E-state index contributed by atoms with van der Waals surface area (Å²) in [6, 6.07) is 3.69. The van der Waals surface area contributed by atoms with Crippen LogP contribution in [-0.2, 0) is 6.42 Å². The first-order chi connectivity index (χ1) is 10.7. The first-order valence-electron chi connectivity index (χ1n) is 8.36. The van der Waals surface area contributed by atoms with E-state index in [1.165, 1.54) is 0 Å². The molecule has 0 spiro atoms. The van der Waals surface area contributed by atoms with Crippen LogP contribution in [-0.4, -0.2) is 32.6 Å². The van der Waals surface area contributed by atoms with Gasteiger partial charge in [0.25, 0.3) is 0 Å². The topological polar surface area (TPSA) is 69.9 Å². The van der Waals surface area contributed by atoms with Crippen LogP contribution < -0.4 is 4.74 Å². The number of phenols is 1. The fourth-order valence-corrected chi connectivity index (χ4v) is 3.82. The molecule has 0 bridgehead atoms. The van der Waals surface area contributed by atoms with Crippen molar-refractivity contribution in [3.05, 3.63) is 28.8 Å². The average molecular weight is 318 g/mol. The number of benzene rings is 1. The number of rotatable bonds is 2. The molecule has 1 aliphatic heterocycles. The van der Waals surface area contributed by atoms with Gasteiger partial charge in [0.15, 0.2) is 0 Å². The standard InChI is InChI=1S/C19H26O4/c1-5-6-11-9-13(20)16-14(10-11)23-18(2,3)12-7-8-19(4,22)17(21)15(12)16/h9-10,17,20-22H,5-8H2,1-4H3/t17-,19-/m0/s1. The summed E-state index contributed by atoms with van der Waals surface area (Å²) in [7, 11) is 0. The van der Waals surface area contributed by atoms with Crippen LogP contribution in [0, 0.1) is 0 Å². The highest BCUT2D eigenvalue weighted by Crippen LogP contribution is 2.52. The van der Waals surface area contributed by atoms with Crippen LogP contribution in [0.1, 0.15) is 58.1 Å². The van der Waals surface area contributed by atoms with Crippen molar-refractivity contribution in [1.29, 1.82) is 0 Å². The minimum atomic E-state index is -1.20. The molecule has 1 aliphatic carbocycles. The minimum absolute atomic E-state index is 0.116. The molecule has 2 aliphatic rings. The predicted molar refractivity (Wildman–Crippen MR) is 89.6 cm³/mol. The van der Waals surface area contributed by atoms with Gasteiger partial charge in [0.1, 0.15) is 23.2 Å². The van der Waals surface area contributed by atoms with Crippen LogP contribution in [0.2, 0.25) is 0 Å². The number of aryl methyl sites for hydroxylation is 1. The SMILES string of the molecule is CCCc1cc(O)c2c(c1)OC(C)(C)C1=C2[C@H](O)[C@@](C)(O)CC1. The maximum Gasteiger partial charge on any atom is 0.132 e. The van der Waals surface area contributed by atoms with Gasteiger partial charge in [-0.3, -0.25) is 0 Å². The van der Waals surface area contributed by atoms with Crippen molar-refractivity contribution in [3.63, 3.8) is 0 Å². The Morgan fingerprint density at radius 1 is 1.26 bits per heavy atom. The van der Waals surface area contributed by atoms with Crippen LogP contribution in [0.4, 0.5) is 0 Å². The Balaban J connectivity index is 2.23. The third-order valence-corrected chi connectivity index (χ3v) is 5.11. The number of aliphatic hydroxyl groups excluding tert-OH is 1. The van der Waals surface area contributed by atoms with Crippen LogP contribution >= 0.6 is 0 Å². The molecule has 2 atom stereocenters. The van der Waals surface area contributed by atoms with Gasteiger partial charge in [-0.25, -0.2) is 0 Å². The van der Waals surface area contributed by atoms with Gasteiger partial charge in [0.05, 0.1) is 11.2 Å². The third kappa shape index (κ3) is 2.54. The maximum absolute atomic E-state index is 10.7. The molecule has 0 amide bonds. The van der Waals surface area contributed by atoms with E-state index in [4.69, 9.17) is 4.74 Å². The zero-order valence-electron chi connectivity index (χ0n) is 14.3. The smallest absolute Gasteiger partial charge is 0.132 e. The number of ether oxygens (including phenoxy) is 1. The summed E-state index contributed by atoms with van der Waals surface area (Å²) in [5, 5.41) is 31.8. The quantitative estimate of drug-likeness (QED) is 0.783. The Labute approximate surface area is 137 Å². The highest BCUT2D eigenvalue weighted by Gasteiger charge is 2.47. The van der Waals surface area contributed by atoms with Crippen molar-refractivity contribution in [3.8, 4) is 11.5 Å². The van der Waals surface area contributed by atoms with Gasteiger partial charge in [-0.05, 0) is 63.3 Å². The highest BCUT2D eigenvalue weighted by molar-refractivity contribution is 5.84. The molecule has 3 N–H and O–H groups in total. The van der Waals surface area contributed by atoms with Gasteiger partial charge < -0.3 is 20.1 Å². The molecule has 0 saturated carbocycles. The van der Waals surface area contributed by atoms with Gasteiger partial charge >= 0.3 is 0 Å². The zero-order chi connectivity index (χ0) is 17.0. The van der Waals surface area contributed by atoms with E-state index in [0.29, 0.717) is 29.7 Å². The average Bonchev–Trinajstić information content (AvgIpc) is 2.42. The fourth-order valence-electron chi connectivity index (χ4n) is 3.82. The van der Waals surface area contributed by atoms with Crippen molar-refractivity contribution in [2.24, 2.45) is 0 Å². The Morgan fingerprint density at radius 3 is 2.61 bits per heavy atom.